The number of benzene rings is 1. The van der Waals surface area contributed by atoms with Gasteiger partial charge in [0.25, 0.3) is 0 Å². The fourth-order valence-electron chi connectivity index (χ4n) is 1.48. The van der Waals surface area contributed by atoms with E-state index in [0.29, 0.717) is 16.9 Å². The Morgan fingerprint density at radius 3 is 2.76 bits per heavy atom. The van der Waals surface area contributed by atoms with Gasteiger partial charge in [-0.25, -0.2) is 9.37 Å². The second-order valence-corrected chi connectivity index (χ2v) is 3.55. The largest absolute Gasteiger partial charge is 0.353 e. The smallest absolute Gasteiger partial charge is 0.163 e. The second-order valence-electron chi connectivity index (χ2n) is 3.55. The van der Waals surface area contributed by atoms with Crippen molar-refractivity contribution in [3.05, 3.63) is 53.6 Å². The topological polar surface area (TPSA) is 48.7 Å². The van der Waals surface area contributed by atoms with Gasteiger partial charge >= 0.3 is 0 Å². The fourth-order valence-corrected chi connectivity index (χ4v) is 1.48. The molecule has 0 saturated carbocycles. The summed E-state index contributed by atoms with van der Waals surface area (Å²) in [6, 6.07) is 10.2. The predicted octanol–water partition coefficient (Wildman–Crippen LogP) is 3.14. The van der Waals surface area contributed by atoms with Gasteiger partial charge in [0.1, 0.15) is 11.9 Å². The van der Waals surface area contributed by atoms with Crippen LogP contribution in [0.4, 0.5) is 15.8 Å². The molecule has 0 saturated heterocycles. The summed E-state index contributed by atoms with van der Waals surface area (Å²) in [6.07, 6.45) is 1.54. The van der Waals surface area contributed by atoms with Crippen LogP contribution in [0.3, 0.4) is 0 Å². The molecule has 1 aromatic heterocycles. The lowest BCUT2D eigenvalue weighted by Crippen LogP contribution is -1.98. The first-order chi connectivity index (χ1) is 8.22. The van der Waals surface area contributed by atoms with Crippen molar-refractivity contribution in [3.8, 4) is 6.07 Å². The molecular formula is C13H10FN3. The first kappa shape index (κ1) is 11.1. The van der Waals surface area contributed by atoms with E-state index in [1.54, 1.807) is 37.4 Å². The summed E-state index contributed by atoms with van der Waals surface area (Å²) in [5.41, 5.74) is 2.01. The van der Waals surface area contributed by atoms with E-state index in [0.717, 1.165) is 0 Å². The molecule has 4 heteroatoms. The SMILES string of the molecule is Cc1c(F)cccc1Nc1cccnc1C#N. The van der Waals surface area contributed by atoms with E-state index in [4.69, 9.17) is 5.26 Å². The Kier molecular flexibility index (Phi) is 3.01. The minimum atomic E-state index is -0.280. The van der Waals surface area contributed by atoms with E-state index >= 15 is 0 Å². The normalized spacial score (nSPS) is 9.71. The van der Waals surface area contributed by atoms with Gasteiger partial charge in [-0.05, 0) is 31.2 Å². The lowest BCUT2D eigenvalue weighted by atomic mass is 10.2. The van der Waals surface area contributed by atoms with Crippen molar-refractivity contribution < 1.29 is 4.39 Å². The van der Waals surface area contributed by atoms with Crippen molar-refractivity contribution in [3.63, 3.8) is 0 Å². The number of halogens is 1. The number of nitrogens with zero attached hydrogens (tertiary/aromatic N) is 2. The summed E-state index contributed by atoms with van der Waals surface area (Å²) in [5, 5.41) is 11.9. The Morgan fingerprint density at radius 2 is 2.00 bits per heavy atom. The molecular weight excluding hydrogens is 217 g/mol. The van der Waals surface area contributed by atoms with Crippen LogP contribution in [0.15, 0.2) is 36.5 Å². The minimum absolute atomic E-state index is 0.280. The molecule has 17 heavy (non-hydrogen) atoms. The van der Waals surface area contributed by atoms with Gasteiger partial charge in [-0.15, -0.1) is 0 Å². The van der Waals surface area contributed by atoms with Crippen LogP contribution in [0.1, 0.15) is 11.3 Å². The maximum absolute atomic E-state index is 13.3. The molecule has 0 bridgehead atoms. The Labute approximate surface area is 98.5 Å². The van der Waals surface area contributed by atoms with Gasteiger partial charge in [0.15, 0.2) is 5.69 Å². The third kappa shape index (κ3) is 2.23. The zero-order valence-electron chi connectivity index (χ0n) is 9.24. The zero-order valence-corrected chi connectivity index (χ0v) is 9.24. The molecule has 0 radical (unpaired) electrons. The standard InChI is InChI=1S/C13H10FN3/c1-9-10(14)4-2-5-11(9)17-12-6-3-7-16-13(12)8-15/h2-7,17H,1H3. The Balaban J connectivity index is 2.39. The van der Waals surface area contributed by atoms with E-state index in [9.17, 15) is 4.39 Å². The number of anilines is 2. The number of nitrogens with one attached hydrogen (secondary N) is 1. The lowest BCUT2D eigenvalue weighted by Gasteiger charge is -2.10. The summed E-state index contributed by atoms with van der Waals surface area (Å²) < 4.78 is 13.3. The van der Waals surface area contributed by atoms with E-state index in [2.05, 4.69) is 10.3 Å². The number of nitriles is 1. The number of hydrogen-bond donors (Lipinski definition) is 1. The molecule has 2 aromatic rings. The molecule has 0 aliphatic rings. The number of pyridine rings is 1. The maximum atomic E-state index is 13.3. The van der Waals surface area contributed by atoms with Crippen molar-refractivity contribution in [1.82, 2.24) is 4.98 Å². The summed E-state index contributed by atoms with van der Waals surface area (Å²) >= 11 is 0. The van der Waals surface area contributed by atoms with E-state index in [1.807, 2.05) is 6.07 Å². The quantitative estimate of drug-likeness (QED) is 0.857. The van der Waals surface area contributed by atoms with Gasteiger partial charge in [0.2, 0.25) is 0 Å². The summed E-state index contributed by atoms with van der Waals surface area (Å²) in [4.78, 5) is 3.93. The molecule has 0 amide bonds. The molecule has 1 aromatic carbocycles. The van der Waals surface area contributed by atoms with Crippen molar-refractivity contribution in [1.29, 1.82) is 5.26 Å². The van der Waals surface area contributed by atoms with Crippen molar-refractivity contribution in [2.45, 2.75) is 6.92 Å². The first-order valence-electron chi connectivity index (χ1n) is 5.09. The van der Waals surface area contributed by atoms with Crippen LogP contribution in [0.2, 0.25) is 0 Å². The van der Waals surface area contributed by atoms with Crippen molar-refractivity contribution >= 4 is 11.4 Å². The highest BCUT2D eigenvalue weighted by Gasteiger charge is 2.06. The average molecular weight is 227 g/mol. The van der Waals surface area contributed by atoms with Gasteiger partial charge in [-0.1, -0.05) is 6.07 Å². The minimum Gasteiger partial charge on any atom is -0.353 e. The third-order valence-electron chi connectivity index (χ3n) is 2.45. The molecule has 0 fully saturated rings. The third-order valence-corrected chi connectivity index (χ3v) is 2.45. The predicted molar refractivity (Wildman–Crippen MR) is 63.4 cm³/mol. The van der Waals surface area contributed by atoms with E-state index in [1.165, 1.54) is 6.07 Å². The van der Waals surface area contributed by atoms with Crippen LogP contribution >= 0.6 is 0 Å². The number of hydrogen-bond acceptors (Lipinski definition) is 3. The van der Waals surface area contributed by atoms with Crippen LogP contribution in [0, 0.1) is 24.1 Å². The summed E-state index contributed by atoms with van der Waals surface area (Å²) in [6.45, 7) is 1.68. The van der Waals surface area contributed by atoms with Crippen molar-refractivity contribution in [2.24, 2.45) is 0 Å². The van der Waals surface area contributed by atoms with Crippen LogP contribution < -0.4 is 5.32 Å². The molecule has 2 rings (SSSR count). The molecule has 0 aliphatic carbocycles. The summed E-state index contributed by atoms with van der Waals surface area (Å²) in [7, 11) is 0. The average Bonchev–Trinajstić information content (AvgIpc) is 2.35. The molecule has 0 aliphatic heterocycles. The molecule has 1 N–H and O–H groups in total. The van der Waals surface area contributed by atoms with Crippen LogP contribution in [0.25, 0.3) is 0 Å². The Morgan fingerprint density at radius 1 is 1.24 bits per heavy atom. The molecule has 0 atom stereocenters. The van der Waals surface area contributed by atoms with Gasteiger partial charge < -0.3 is 5.32 Å². The number of aromatic nitrogens is 1. The Bertz CT molecular complexity index is 587. The number of rotatable bonds is 2. The highest BCUT2D eigenvalue weighted by Crippen LogP contribution is 2.23. The van der Waals surface area contributed by atoms with Crippen LogP contribution in [-0.4, -0.2) is 4.98 Å². The van der Waals surface area contributed by atoms with Gasteiger partial charge in [-0.2, -0.15) is 5.26 Å². The van der Waals surface area contributed by atoms with Crippen LogP contribution in [-0.2, 0) is 0 Å². The van der Waals surface area contributed by atoms with Crippen LogP contribution in [0.5, 0.6) is 0 Å². The second kappa shape index (κ2) is 4.62. The van der Waals surface area contributed by atoms with Gasteiger partial charge in [0.05, 0.1) is 5.69 Å². The highest BCUT2D eigenvalue weighted by atomic mass is 19.1. The molecule has 0 spiro atoms. The van der Waals surface area contributed by atoms with E-state index in [-0.39, 0.29) is 11.5 Å². The highest BCUT2D eigenvalue weighted by molar-refractivity contribution is 5.66. The molecule has 1 heterocycles. The van der Waals surface area contributed by atoms with Gasteiger partial charge in [-0.3, -0.25) is 0 Å². The monoisotopic (exact) mass is 227 g/mol. The maximum Gasteiger partial charge on any atom is 0.163 e. The molecule has 84 valence electrons. The fraction of sp³-hybridized carbons (Fsp3) is 0.0769. The van der Waals surface area contributed by atoms with Crippen molar-refractivity contribution in [2.75, 3.05) is 5.32 Å². The Hall–Kier alpha value is -2.41. The van der Waals surface area contributed by atoms with E-state index < -0.39 is 0 Å². The zero-order chi connectivity index (χ0) is 12.3. The first-order valence-corrected chi connectivity index (χ1v) is 5.09. The molecule has 0 unspecified atom stereocenters. The lowest BCUT2D eigenvalue weighted by molar-refractivity contribution is 0.619. The molecule has 3 nitrogen and oxygen atoms in total. The summed E-state index contributed by atoms with van der Waals surface area (Å²) in [5.74, 6) is -0.280. The van der Waals surface area contributed by atoms with Gasteiger partial charge in [0, 0.05) is 17.4 Å².